The van der Waals surface area contributed by atoms with Gasteiger partial charge in [-0.1, -0.05) is 13.8 Å². The van der Waals surface area contributed by atoms with E-state index in [2.05, 4.69) is 4.99 Å². The molecule has 3 heteroatoms. The molecule has 0 aromatic carbocycles. The Hall–Kier alpha value is 0.955. The molecular weight excluding hydrogens is 283 g/mol. The van der Waals surface area contributed by atoms with Gasteiger partial charge in [-0.25, -0.2) is 0 Å². The van der Waals surface area contributed by atoms with E-state index in [0.717, 1.165) is 18.6 Å². The second kappa shape index (κ2) is 6.47. The van der Waals surface area contributed by atoms with Gasteiger partial charge in [0, 0.05) is 52.7 Å². The molecule has 0 heterocycles. The molecule has 0 spiro atoms. The smallest absolute Gasteiger partial charge is 0.101 e. The summed E-state index contributed by atoms with van der Waals surface area (Å²) in [5.41, 5.74) is 0.173. The van der Waals surface area contributed by atoms with Crippen LogP contribution < -0.4 is 0 Å². The molecule has 0 aliphatic carbocycles. The standard InChI is InChI=1S/C8H17NO.Gd/c1-5-8(10,6-2)7(3)9-4;/h10H,5-6H2,1-4H3;. The SMILES string of the molecule is CCC(O)(CC)C(C)=NC.[Gd]. The van der Waals surface area contributed by atoms with Gasteiger partial charge in [0.25, 0.3) is 0 Å². The van der Waals surface area contributed by atoms with Crippen molar-refractivity contribution in [2.45, 2.75) is 39.2 Å². The molecule has 0 aliphatic heterocycles. The van der Waals surface area contributed by atoms with E-state index in [1.807, 2.05) is 20.8 Å². The Morgan fingerprint density at radius 1 is 1.36 bits per heavy atom. The fourth-order valence-corrected chi connectivity index (χ4v) is 0.970. The van der Waals surface area contributed by atoms with Crippen molar-refractivity contribution >= 4 is 5.71 Å². The monoisotopic (exact) mass is 301 g/mol. The summed E-state index contributed by atoms with van der Waals surface area (Å²) in [6.07, 6.45) is 1.49. The number of rotatable bonds is 3. The van der Waals surface area contributed by atoms with E-state index in [-0.39, 0.29) is 39.9 Å². The van der Waals surface area contributed by atoms with Gasteiger partial charge >= 0.3 is 0 Å². The van der Waals surface area contributed by atoms with Crippen molar-refractivity contribution in [2.75, 3.05) is 7.05 Å². The average molecular weight is 300 g/mol. The third-order valence-electron chi connectivity index (χ3n) is 2.18. The first-order valence-electron chi connectivity index (χ1n) is 3.77. The van der Waals surface area contributed by atoms with Gasteiger partial charge in [-0.15, -0.1) is 0 Å². The average Bonchev–Trinajstić information content (AvgIpc) is 2.01. The summed E-state index contributed by atoms with van der Waals surface area (Å²) in [7, 11) is 1.71. The van der Waals surface area contributed by atoms with E-state index in [1.54, 1.807) is 7.05 Å². The zero-order valence-corrected chi connectivity index (χ0v) is 9.93. The number of hydrogen-bond acceptors (Lipinski definition) is 2. The van der Waals surface area contributed by atoms with Crippen LogP contribution in [-0.4, -0.2) is 23.5 Å². The molecule has 0 fully saturated rings. The molecule has 68 valence electrons. The van der Waals surface area contributed by atoms with Crippen molar-refractivity contribution < 1.29 is 45.0 Å². The maximum Gasteiger partial charge on any atom is 0.101 e. The Bertz CT molecular complexity index is 130. The molecule has 0 amide bonds. The van der Waals surface area contributed by atoms with E-state index >= 15 is 0 Å². The van der Waals surface area contributed by atoms with Crippen LogP contribution >= 0.6 is 0 Å². The van der Waals surface area contributed by atoms with Crippen molar-refractivity contribution in [1.29, 1.82) is 0 Å². The molecule has 0 saturated carbocycles. The van der Waals surface area contributed by atoms with E-state index < -0.39 is 5.60 Å². The zero-order chi connectivity index (χ0) is 8.20. The Kier molecular flexibility index (Phi) is 8.51. The van der Waals surface area contributed by atoms with Crippen LogP contribution in [0, 0.1) is 39.9 Å². The first-order chi connectivity index (χ1) is 4.60. The molecule has 0 aromatic rings. The van der Waals surface area contributed by atoms with Gasteiger partial charge in [-0.05, 0) is 19.8 Å². The summed E-state index contributed by atoms with van der Waals surface area (Å²) in [6.45, 7) is 5.81. The number of aliphatic imine (C=N–C) groups is 1. The van der Waals surface area contributed by atoms with Crippen LogP contribution in [0.1, 0.15) is 33.6 Å². The Morgan fingerprint density at radius 2 is 1.73 bits per heavy atom. The van der Waals surface area contributed by atoms with E-state index in [1.165, 1.54) is 0 Å². The van der Waals surface area contributed by atoms with E-state index in [9.17, 15) is 5.11 Å². The molecule has 0 aliphatic rings. The van der Waals surface area contributed by atoms with Gasteiger partial charge in [0.1, 0.15) is 5.60 Å². The van der Waals surface area contributed by atoms with Gasteiger partial charge < -0.3 is 5.11 Å². The van der Waals surface area contributed by atoms with Gasteiger partial charge in [-0.2, -0.15) is 0 Å². The molecule has 1 N–H and O–H groups in total. The summed E-state index contributed by atoms with van der Waals surface area (Å²) in [6, 6.07) is 0. The summed E-state index contributed by atoms with van der Waals surface area (Å²) in [4.78, 5) is 3.97. The van der Waals surface area contributed by atoms with Crippen molar-refractivity contribution in [1.82, 2.24) is 0 Å². The zero-order valence-electron chi connectivity index (χ0n) is 7.66. The number of aliphatic hydroxyl groups is 1. The molecule has 0 bridgehead atoms. The van der Waals surface area contributed by atoms with Gasteiger partial charge in [0.2, 0.25) is 0 Å². The molecule has 11 heavy (non-hydrogen) atoms. The summed E-state index contributed by atoms with van der Waals surface area (Å²) >= 11 is 0. The van der Waals surface area contributed by atoms with Gasteiger partial charge in [-0.3, -0.25) is 4.99 Å². The Labute approximate surface area is 101 Å². The van der Waals surface area contributed by atoms with Crippen LogP contribution in [0.15, 0.2) is 4.99 Å². The van der Waals surface area contributed by atoms with Crippen molar-refractivity contribution in [3.05, 3.63) is 0 Å². The van der Waals surface area contributed by atoms with Crippen LogP contribution in [0.4, 0.5) is 0 Å². The molecule has 2 nitrogen and oxygen atoms in total. The quantitative estimate of drug-likeness (QED) is 0.790. The maximum atomic E-state index is 9.77. The van der Waals surface area contributed by atoms with Crippen molar-refractivity contribution in [3.63, 3.8) is 0 Å². The largest absolute Gasteiger partial charge is 0.384 e. The fraction of sp³-hybridized carbons (Fsp3) is 0.875. The first-order valence-corrected chi connectivity index (χ1v) is 3.77. The van der Waals surface area contributed by atoms with E-state index in [4.69, 9.17) is 0 Å². The third kappa shape index (κ3) is 3.93. The Balaban J connectivity index is 0. The maximum absolute atomic E-state index is 9.77. The topological polar surface area (TPSA) is 32.6 Å². The minimum absolute atomic E-state index is 0. The normalized spacial score (nSPS) is 12.6. The van der Waals surface area contributed by atoms with Crippen molar-refractivity contribution in [3.8, 4) is 0 Å². The molecule has 0 rings (SSSR count). The number of nitrogens with zero attached hydrogens (tertiary/aromatic N) is 1. The van der Waals surface area contributed by atoms with Crippen LogP contribution in [0.2, 0.25) is 0 Å². The molecule has 0 radical (unpaired) electrons. The second-order valence-electron chi connectivity index (χ2n) is 2.55. The fourth-order valence-electron chi connectivity index (χ4n) is 0.970. The van der Waals surface area contributed by atoms with E-state index in [0.29, 0.717) is 0 Å². The van der Waals surface area contributed by atoms with Crippen LogP contribution in [-0.2, 0) is 0 Å². The second-order valence-corrected chi connectivity index (χ2v) is 2.55. The van der Waals surface area contributed by atoms with Crippen molar-refractivity contribution in [2.24, 2.45) is 4.99 Å². The summed E-state index contributed by atoms with van der Waals surface area (Å²) in [5, 5.41) is 9.77. The predicted octanol–water partition coefficient (Wildman–Crippen LogP) is 1.63. The summed E-state index contributed by atoms with van der Waals surface area (Å²) in [5.74, 6) is 0. The molecule has 0 unspecified atom stereocenters. The third-order valence-corrected chi connectivity index (χ3v) is 2.18. The van der Waals surface area contributed by atoms with Gasteiger partial charge in [0.05, 0.1) is 0 Å². The molecule has 0 aromatic heterocycles. The molecule has 0 atom stereocenters. The van der Waals surface area contributed by atoms with Crippen LogP contribution in [0.3, 0.4) is 0 Å². The molecular formula is C8H17GdNO. The van der Waals surface area contributed by atoms with Gasteiger partial charge in [0.15, 0.2) is 0 Å². The number of hydrogen-bond donors (Lipinski definition) is 1. The van der Waals surface area contributed by atoms with Crippen LogP contribution in [0.25, 0.3) is 0 Å². The first kappa shape index (κ1) is 14.5. The Morgan fingerprint density at radius 3 is 1.82 bits per heavy atom. The summed E-state index contributed by atoms with van der Waals surface area (Å²) < 4.78 is 0. The minimum atomic E-state index is -0.658. The minimum Gasteiger partial charge on any atom is -0.384 e. The van der Waals surface area contributed by atoms with Crippen LogP contribution in [0.5, 0.6) is 0 Å². The predicted molar refractivity (Wildman–Crippen MR) is 44.6 cm³/mol. The molecule has 0 saturated heterocycles.